The highest BCUT2D eigenvalue weighted by Crippen LogP contribution is 2.39. The van der Waals surface area contributed by atoms with Crippen LogP contribution in [0.25, 0.3) is 10.6 Å². The lowest BCUT2D eigenvalue weighted by atomic mass is 10.1. The van der Waals surface area contributed by atoms with Crippen LogP contribution in [-0.2, 0) is 6.42 Å². The van der Waals surface area contributed by atoms with Gasteiger partial charge < -0.3 is 5.32 Å². The van der Waals surface area contributed by atoms with Gasteiger partial charge in [-0.3, -0.25) is 0 Å². The summed E-state index contributed by atoms with van der Waals surface area (Å²) < 4.78 is 2.19. The molecule has 2 rings (SSSR count). The average molecular weight is 425 g/mol. The van der Waals surface area contributed by atoms with Crippen molar-refractivity contribution in [3.63, 3.8) is 0 Å². The van der Waals surface area contributed by atoms with Gasteiger partial charge in [0.2, 0.25) is 0 Å². The highest BCUT2D eigenvalue weighted by atomic mass is 79.9. The number of aromatic nitrogens is 2. The summed E-state index contributed by atoms with van der Waals surface area (Å²) in [5.41, 5.74) is 1.26. The molecular weight excluding hydrogens is 410 g/mol. The van der Waals surface area contributed by atoms with Gasteiger partial charge in [0.25, 0.3) is 0 Å². The van der Waals surface area contributed by atoms with Gasteiger partial charge in [0, 0.05) is 24.1 Å². The lowest BCUT2D eigenvalue weighted by Crippen LogP contribution is -2.37. The summed E-state index contributed by atoms with van der Waals surface area (Å²) in [5.74, 6) is 0. The van der Waals surface area contributed by atoms with Crippen molar-refractivity contribution in [2.24, 2.45) is 0 Å². The van der Waals surface area contributed by atoms with Crippen LogP contribution in [0, 0.1) is 0 Å². The van der Waals surface area contributed by atoms with E-state index in [0.717, 1.165) is 36.1 Å². The number of hydrogen-bond donors (Lipinski definition) is 1. The topological polar surface area (TPSA) is 37.8 Å². The summed E-state index contributed by atoms with van der Waals surface area (Å²) in [7, 11) is 0. The third-order valence-electron chi connectivity index (χ3n) is 2.35. The van der Waals surface area contributed by atoms with E-state index in [9.17, 15) is 0 Å². The van der Waals surface area contributed by atoms with E-state index in [0.29, 0.717) is 0 Å². The minimum absolute atomic E-state index is 0.148. The molecule has 0 unspecified atom stereocenters. The average Bonchev–Trinajstić information content (AvgIpc) is 2.83. The van der Waals surface area contributed by atoms with Gasteiger partial charge in [0.1, 0.15) is 10.0 Å². The molecule has 104 valence electrons. The Kier molecular flexibility index (Phi) is 5.16. The Morgan fingerprint density at radius 3 is 2.53 bits per heavy atom. The number of nitrogens with one attached hydrogen (secondary N) is 1. The van der Waals surface area contributed by atoms with Crippen LogP contribution in [0.5, 0.6) is 0 Å². The molecule has 0 aliphatic heterocycles. The molecule has 3 nitrogen and oxygen atoms in total. The molecule has 0 atom stereocenters. The van der Waals surface area contributed by atoms with Gasteiger partial charge in [0.15, 0.2) is 0 Å². The molecule has 2 aromatic heterocycles. The van der Waals surface area contributed by atoms with E-state index in [1.54, 1.807) is 22.7 Å². The van der Waals surface area contributed by atoms with Crippen LogP contribution in [0.3, 0.4) is 0 Å². The molecule has 0 aliphatic rings. The van der Waals surface area contributed by atoms with E-state index >= 15 is 0 Å². The van der Waals surface area contributed by atoms with Gasteiger partial charge >= 0.3 is 0 Å². The van der Waals surface area contributed by atoms with Crippen molar-refractivity contribution < 1.29 is 0 Å². The molecule has 0 amide bonds. The second kappa shape index (κ2) is 6.30. The maximum Gasteiger partial charge on any atom is 0.149 e. The molecule has 7 heteroatoms. The van der Waals surface area contributed by atoms with Crippen LogP contribution in [0.1, 0.15) is 25.8 Å². The van der Waals surface area contributed by atoms with Gasteiger partial charge in [0.05, 0.1) is 7.57 Å². The maximum atomic E-state index is 4.27. The Morgan fingerprint density at radius 2 is 1.95 bits per heavy atom. The van der Waals surface area contributed by atoms with Crippen molar-refractivity contribution in [3.05, 3.63) is 18.6 Å². The van der Waals surface area contributed by atoms with E-state index in [-0.39, 0.29) is 5.54 Å². The smallest absolute Gasteiger partial charge is 0.149 e. The lowest BCUT2D eigenvalue weighted by molar-refractivity contribution is 0.429. The summed E-state index contributed by atoms with van der Waals surface area (Å²) in [6.07, 6.45) is 0.915. The zero-order valence-corrected chi connectivity index (χ0v) is 15.8. The van der Waals surface area contributed by atoms with Gasteiger partial charge in [-0.1, -0.05) is 11.3 Å². The molecular formula is C12H15Br2N3S2. The molecule has 0 saturated carbocycles. The van der Waals surface area contributed by atoms with Gasteiger partial charge in [-0.25, -0.2) is 0 Å². The Balaban J connectivity index is 2.01. The Hall–Kier alpha value is 0.180. The minimum atomic E-state index is 0.148. The van der Waals surface area contributed by atoms with Gasteiger partial charge in [-0.2, -0.15) is 0 Å². The molecule has 0 spiro atoms. The number of nitrogens with zero attached hydrogens (tertiary/aromatic N) is 2. The van der Waals surface area contributed by atoms with E-state index in [1.807, 2.05) is 0 Å². The summed E-state index contributed by atoms with van der Waals surface area (Å²) in [4.78, 5) is 0. The fraction of sp³-hybridized carbons (Fsp3) is 0.500. The molecule has 0 saturated heterocycles. The van der Waals surface area contributed by atoms with Crippen LogP contribution < -0.4 is 5.32 Å². The van der Waals surface area contributed by atoms with Crippen molar-refractivity contribution in [1.82, 2.24) is 15.5 Å². The lowest BCUT2D eigenvalue weighted by Gasteiger charge is -2.19. The fourth-order valence-corrected chi connectivity index (χ4v) is 5.36. The number of thiophene rings is 1. The maximum absolute atomic E-state index is 4.27. The van der Waals surface area contributed by atoms with Crippen molar-refractivity contribution >= 4 is 54.5 Å². The number of rotatable bonds is 4. The number of halogens is 2. The highest BCUT2D eigenvalue weighted by molar-refractivity contribution is 9.12. The van der Waals surface area contributed by atoms with E-state index in [4.69, 9.17) is 0 Å². The second-order valence-corrected chi connectivity index (χ2v) is 9.98. The Bertz CT molecular complexity index is 558. The first kappa shape index (κ1) is 15.6. The SMILES string of the molecule is CC(C)(C)NCCc1nnc(-c2cc(Br)sc2Br)s1. The normalized spacial score (nSPS) is 12.1. The summed E-state index contributed by atoms with van der Waals surface area (Å²) in [6.45, 7) is 7.42. The third-order valence-corrected chi connectivity index (χ3v) is 5.70. The van der Waals surface area contributed by atoms with Crippen molar-refractivity contribution in [2.75, 3.05) is 6.54 Å². The largest absolute Gasteiger partial charge is 0.312 e. The molecule has 2 aromatic rings. The zero-order valence-electron chi connectivity index (χ0n) is 11.0. The van der Waals surface area contributed by atoms with Gasteiger partial charge in [-0.15, -0.1) is 21.5 Å². The summed E-state index contributed by atoms with van der Waals surface area (Å²) >= 11 is 10.4. The molecule has 2 heterocycles. The predicted molar refractivity (Wildman–Crippen MR) is 90.1 cm³/mol. The first-order valence-electron chi connectivity index (χ1n) is 5.88. The summed E-state index contributed by atoms with van der Waals surface area (Å²) in [6, 6.07) is 2.08. The first-order valence-corrected chi connectivity index (χ1v) is 9.10. The summed E-state index contributed by atoms with van der Waals surface area (Å²) in [5, 5.41) is 14.0. The monoisotopic (exact) mass is 423 g/mol. The van der Waals surface area contributed by atoms with Gasteiger partial charge in [-0.05, 0) is 58.7 Å². The standard InChI is InChI=1S/C12H15Br2N3S2/c1-12(2,3)15-5-4-9-16-17-11(19-9)7-6-8(13)18-10(7)14/h6,15H,4-5H2,1-3H3. The van der Waals surface area contributed by atoms with E-state index in [1.165, 1.54) is 0 Å². The molecule has 0 aromatic carbocycles. The van der Waals surface area contributed by atoms with Crippen molar-refractivity contribution in [2.45, 2.75) is 32.7 Å². The third kappa shape index (κ3) is 4.60. The van der Waals surface area contributed by atoms with E-state index in [2.05, 4.69) is 74.2 Å². The minimum Gasteiger partial charge on any atom is -0.312 e. The van der Waals surface area contributed by atoms with E-state index < -0.39 is 0 Å². The number of hydrogen-bond acceptors (Lipinski definition) is 5. The van der Waals surface area contributed by atoms with Crippen LogP contribution in [0.2, 0.25) is 0 Å². The Labute approximate surface area is 138 Å². The van der Waals surface area contributed by atoms with Crippen LogP contribution >= 0.6 is 54.5 Å². The van der Waals surface area contributed by atoms with Crippen molar-refractivity contribution in [1.29, 1.82) is 0 Å². The molecule has 0 bridgehead atoms. The van der Waals surface area contributed by atoms with Crippen LogP contribution in [-0.4, -0.2) is 22.3 Å². The second-order valence-electron chi connectivity index (χ2n) is 5.17. The molecule has 19 heavy (non-hydrogen) atoms. The fourth-order valence-electron chi connectivity index (χ4n) is 1.49. The molecule has 0 fully saturated rings. The van der Waals surface area contributed by atoms with Crippen LogP contribution in [0.4, 0.5) is 0 Å². The molecule has 0 aliphatic carbocycles. The Morgan fingerprint density at radius 1 is 1.21 bits per heavy atom. The molecule has 0 radical (unpaired) electrons. The van der Waals surface area contributed by atoms with Crippen LogP contribution in [0.15, 0.2) is 13.6 Å². The highest BCUT2D eigenvalue weighted by Gasteiger charge is 2.14. The predicted octanol–water partition coefficient (Wildman–Crippen LogP) is 4.72. The first-order chi connectivity index (χ1) is 8.85. The quantitative estimate of drug-likeness (QED) is 0.771. The zero-order chi connectivity index (χ0) is 14.0. The van der Waals surface area contributed by atoms with Crippen molar-refractivity contribution in [3.8, 4) is 10.6 Å². The molecule has 1 N–H and O–H groups in total.